The Morgan fingerprint density at radius 3 is 1.67 bits per heavy atom. The molecule has 0 saturated heterocycles. The first-order valence-corrected chi connectivity index (χ1v) is 21.7. The van der Waals surface area contributed by atoms with E-state index in [4.69, 9.17) is 4.74 Å². The van der Waals surface area contributed by atoms with Crippen LogP contribution < -0.4 is 0 Å². The fourth-order valence-corrected chi connectivity index (χ4v) is 15.4. The lowest BCUT2D eigenvalue weighted by Crippen LogP contribution is -2.45. The van der Waals surface area contributed by atoms with E-state index in [-0.39, 0.29) is 23.4 Å². The Balaban J connectivity index is 0.000000180. The van der Waals surface area contributed by atoms with Crippen molar-refractivity contribution in [2.24, 2.45) is 94.7 Å². The van der Waals surface area contributed by atoms with E-state index in [9.17, 15) is 14.7 Å². The monoisotopic (exact) mass is 665 g/mol. The number of hydrogen-bond acceptors (Lipinski definition) is 3. The minimum atomic E-state index is -0.522. The van der Waals surface area contributed by atoms with Gasteiger partial charge in [-0.1, -0.05) is 91.9 Å². The summed E-state index contributed by atoms with van der Waals surface area (Å²) in [5.74, 6) is 11.0. The van der Waals surface area contributed by atoms with E-state index in [2.05, 4.69) is 34.6 Å². The van der Waals surface area contributed by atoms with Crippen LogP contribution >= 0.6 is 0 Å². The fourth-order valence-electron chi connectivity index (χ4n) is 15.4. The Morgan fingerprint density at radius 1 is 0.625 bits per heavy atom. The fraction of sp³-hybridized carbons (Fsp3) is 0.955. The van der Waals surface area contributed by atoms with Crippen LogP contribution in [0.15, 0.2) is 0 Å². The van der Waals surface area contributed by atoms with Gasteiger partial charge in [0.25, 0.3) is 0 Å². The maximum absolute atomic E-state index is 13.7. The molecule has 0 aromatic rings. The molecule has 16 atom stereocenters. The third-order valence-corrected chi connectivity index (χ3v) is 17.4. The molecule has 0 aromatic carbocycles. The van der Waals surface area contributed by atoms with Crippen molar-refractivity contribution in [3.05, 3.63) is 0 Å². The Morgan fingerprint density at radius 2 is 1.12 bits per heavy atom. The van der Waals surface area contributed by atoms with Crippen molar-refractivity contribution in [1.29, 1.82) is 0 Å². The number of carbonyl (C=O) groups excluding carboxylic acids is 1. The summed E-state index contributed by atoms with van der Waals surface area (Å²) in [4.78, 5) is 25.0. The third kappa shape index (κ3) is 6.24. The highest BCUT2D eigenvalue weighted by molar-refractivity contribution is 5.74. The first kappa shape index (κ1) is 35.3. The number of carbonyl (C=O) groups is 2. The van der Waals surface area contributed by atoms with Crippen molar-refractivity contribution in [1.82, 2.24) is 0 Å². The Kier molecular flexibility index (Phi) is 10.7. The van der Waals surface area contributed by atoms with Crippen molar-refractivity contribution in [3.8, 4) is 0 Å². The third-order valence-electron chi connectivity index (χ3n) is 17.4. The zero-order chi connectivity index (χ0) is 33.7. The predicted octanol–water partition coefficient (Wildman–Crippen LogP) is 11.2. The minimum absolute atomic E-state index is 0.00842. The average Bonchev–Trinajstić information content (AvgIpc) is 3.93. The number of rotatable bonds is 9. The highest BCUT2D eigenvalue weighted by Crippen LogP contribution is 2.67. The molecule has 272 valence electrons. The van der Waals surface area contributed by atoms with E-state index in [1.807, 2.05) is 0 Å². The summed E-state index contributed by atoms with van der Waals surface area (Å²) in [6.07, 6.45) is 26.0. The van der Waals surface area contributed by atoms with Gasteiger partial charge >= 0.3 is 11.9 Å². The molecule has 0 aromatic heterocycles. The predicted molar refractivity (Wildman–Crippen MR) is 193 cm³/mol. The van der Waals surface area contributed by atoms with Crippen LogP contribution in [0.1, 0.15) is 163 Å². The van der Waals surface area contributed by atoms with Crippen LogP contribution in [0.25, 0.3) is 0 Å². The number of esters is 1. The summed E-state index contributed by atoms with van der Waals surface area (Å²) in [7, 11) is 0. The SMILES string of the molecule is CCC1CC(CC)C2C3CC(CC3C(=O)O)C12.CCC1CC(CC)C2C3CC(CC3C(=O)OC3(C)CCCCC3CC3CCCCC3)C12. The second kappa shape index (κ2) is 14.5. The van der Waals surface area contributed by atoms with Gasteiger partial charge in [-0.2, -0.15) is 0 Å². The average molecular weight is 665 g/mol. The molecule has 1 N–H and O–H groups in total. The molecule has 8 saturated carbocycles. The molecule has 48 heavy (non-hydrogen) atoms. The van der Waals surface area contributed by atoms with E-state index in [0.29, 0.717) is 17.8 Å². The summed E-state index contributed by atoms with van der Waals surface area (Å²) in [6.45, 7) is 11.7. The van der Waals surface area contributed by atoms with Gasteiger partial charge < -0.3 is 9.84 Å². The van der Waals surface area contributed by atoms with E-state index < -0.39 is 5.97 Å². The standard InChI is InChI=1S/C29H48O2.C15H24O2/c1-4-20-16-21(5-2)27-24-17-22(26(20)27)18-25(24)28(30)31-29(3)14-10-9-13-23(29)15-19-11-7-6-8-12-19;1-3-8-5-9(4-2)14-11-6-10(13(8)14)7-12(11)15(16)17/h19-27H,4-18H2,1-3H3;8-14H,3-7H2,1-2H3,(H,16,17). The number of hydrogen-bond donors (Lipinski definition) is 1. The lowest BCUT2D eigenvalue weighted by Gasteiger charge is -2.44. The maximum atomic E-state index is 13.7. The minimum Gasteiger partial charge on any atom is -0.481 e. The van der Waals surface area contributed by atoms with Crippen LogP contribution in [0.5, 0.6) is 0 Å². The number of ether oxygens (including phenoxy) is 1. The molecule has 8 fully saturated rings. The lowest BCUT2D eigenvalue weighted by molar-refractivity contribution is -0.177. The van der Waals surface area contributed by atoms with Gasteiger partial charge in [0.15, 0.2) is 0 Å². The summed E-state index contributed by atoms with van der Waals surface area (Å²) in [5.41, 5.74) is -0.195. The first-order valence-electron chi connectivity index (χ1n) is 21.7. The number of carboxylic acid groups (broad SMARTS) is 1. The molecule has 0 aliphatic heterocycles. The van der Waals surface area contributed by atoms with Crippen LogP contribution in [0, 0.1) is 94.7 Å². The smallest absolute Gasteiger partial charge is 0.309 e. The molecule has 8 aliphatic rings. The normalized spacial score (nSPS) is 49.0. The molecule has 8 rings (SSSR count). The molecule has 4 bridgehead atoms. The van der Waals surface area contributed by atoms with Crippen molar-refractivity contribution in [3.63, 3.8) is 0 Å². The molecular weight excluding hydrogens is 592 g/mol. The van der Waals surface area contributed by atoms with Gasteiger partial charge in [-0.3, -0.25) is 9.59 Å². The van der Waals surface area contributed by atoms with Gasteiger partial charge in [-0.25, -0.2) is 0 Å². The first-order chi connectivity index (χ1) is 23.2. The quantitative estimate of drug-likeness (QED) is 0.249. The number of carboxylic acids is 1. The zero-order valence-electron chi connectivity index (χ0n) is 31.6. The van der Waals surface area contributed by atoms with Crippen LogP contribution in [-0.4, -0.2) is 22.6 Å². The number of aliphatic carboxylic acids is 1. The summed E-state index contributed by atoms with van der Waals surface area (Å²) in [6, 6.07) is 0. The van der Waals surface area contributed by atoms with Gasteiger partial charge in [0.05, 0.1) is 11.8 Å². The Hall–Kier alpha value is -1.06. The Bertz CT molecular complexity index is 1130. The van der Waals surface area contributed by atoms with Gasteiger partial charge in [0.1, 0.15) is 5.60 Å². The van der Waals surface area contributed by atoms with Gasteiger partial charge in [-0.05, 0) is 154 Å². The van der Waals surface area contributed by atoms with Crippen LogP contribution in [0.4, 0.5) is 0 Å². The highest BCUT2D eigenvalue weighted by Gasteiger charge is 2.62. The van der Waals surface area contributed by atoms with Crippen molar-refractivity contribution in [2.45, 2.75) is 169 Å². The number of fused-ring (bicyclic) bond motifs is 10. The van der Waals surface area contributed by atoms with Crippen LogP contribution in [0.2, 0.25) is 0 Å². The van der Waals surface area contributed by atoms with Crippen LogP contribution in [0.3, 0.4) is 0 Å². The second-order valence-electron chi connectivity index (χ2n) is 19.2. The van der Waals surface area contributed by atoms with Gasteiger partial charge in [0, 0.05) is 0 Å². The topological polar surface area (TPSA) is 63.6 Å². The van der Waals surface area contributed by atoms with E-state index in [1.54, 1.807) is 0 Å². The molecule has 4 nitrogen and oxygen atoms in total. The largest absolute Gasteiger partial charge is 0.481 e. The van der Waals surface area contributed by atoms with E-state index in [0.717, 1.165) is 84.4 Å². The van der Waals surface area contributed by atoms with Crippen molar-refractivity contribution in [2.75, 3.05) is 0 Å². The molecule has 0 heterocycles. The summed E-state index contributed by atoms with van der Waals surface area (Å²) in [5, 5.41) is 9.34. The maximum Gasteiger partial charge on any atom is 0.309 e. The molecule has 8 aliphatic carbocycles. The summed E-state index contributed by atoms with van der Waals surface area (Å²) < 4.78 is 6.60. The summed E-state index contributed by atoms with van der Waals surface area (Å²) >= 11 is 0. The van der Waals surface area contributed by atoms with Gasteiger partial charge in [-0.15, -0.1) is 0 Å². The molecule has 0 amide bonds. The zero-order valence-corrected chi connectivity index (χ0v) is 31.6. The van der Waals surface area contributed by atoms with Gasteiger partial charge in [0.2, 0.25) is 0 Å². The van der Waals surface area contributed by atoms with Crippen LogP contribution in [-0.2, 0) is 14.3 Å². The van der Waals surface area contributed by atoms with Crippen molar-refractivity contribution >= 4 is 11.9 Å². The van der Waals surface area contributed by atoms with Crippen molar-refractivity contribution < 1.29 is 19.4 Å². The van der Waals surface area contributed by atoms with E-state index in [1.165, 1.54) is 109 Å². The molecule has 0 spiro atoms. The highest BCUT2D eigenvalue weighted by atomic mass is 16.6. The van der Waals surface area contributed by atoms with E-state index >= 15 is 0 Å². The molecule has 4 heteroatoms. The molecule has 16 unspecified atom stereocenters. The molecular formula is C44H72O4. The molecule has 0 radical (unpaired) electrons. The second-order valence-corrected chi connectivity index (χ2v) is 19.2. The lowest BCUT2D eigenvalue weighted by atomic mass is 9.69. The Labute approximate surface area is 294 Å².